The smallest absolute Gasteiger partial charge is 0.136 e. The highest BCUT2D eigenvalue weighted by molar-refractivity contribution is 5.52. The molecule has 0 spiro atoms. The number of para-hydroxylation sites is 1. The van der Waals surface area contributed by atoms with Crippen LogP contribution in [-0.2, 0) is 13.0 Å². The Morgan fingerprint density at radius 2 is 2.00 bits per heavy atom. The van der Waals surface area contributed by atoms with Gasteiger partial charge in [0, 0.05) is 12.2 Å². The minimum Gasteiger partial charge on any atom is -0.495 e. The van der Waals surface area contributed by atoms with Crippen LogP contribution < -0.4 is 10.1 Å². The van der Waals surface area contributed by atoms with Crippen LogP contribution in [0.15, 0.2) is 42.5 Å². The lowest BCUT2D eigenvalue weighted by molar-refractivity contribution is 0.413. The Balaban J connectivity index is 2.12. The average molecular weight is 280 g/mol. The molecule has 108 valence electrons. The molecule has 0 atom stereocenters. The lowest BCUT2D eigenvalue weighted by Crippen LogP contribution is -2.03. The Kier molecular flexibility index (Phi) is 5.22. The number of methoxy groups -OCH3 is 1. The topological polar surface area (TPSA) is 45.0 Å². The second-order valence-corrected chi connectivity index (χ2v) is 4.91. The Bertz CT molecular complexity index is 644. The van der Waals surface area contributed by atoms with Crippen molar-refractivity contribution in [2.24, 2.45) is 0 Å². The van der Waals surface area contributed by atoms with Gasteiger partial charge in [0.25, 0.3) is 0 Å². The van der Waals surface area contributed by atoms with Gasteiger partial charge in [-0.05, 0) is 35.7 Å². The molecule has 2 aromatic rings. The molecule has 0 saturated carbocycles. The van der Waals surface area contributed by atoms with Gasteiger partial charge in [-0.25, -0.2) is 0 Å². The van der Waals surface area contributed by atoms with Gasteiger partial charge in [-0.1, -0.05) is 37.6 Å². The number of rotatable bonds is 6. The molecule has 0 fully saturated rings. The number of ether oxygens (including phenoxy) is 1. The molecule has 0 heterocycles. The van der Waals surface area contributed by atoms with Crippen LogP contribution in [0.1, 0.15) is 30.0 Å². The van der Waals surface area contributed by atoms with Crippen molar-refractivity contribution in [2.75, 3.05) is 12.4 Å². The highest BCUT2D eigenvalue weighted by atomic mass is 16.5. The highest BCUT2D eigenvalue weighted by Crippen LogP contribution is 2.21. The SMILES string of the molecule is CCCc1ccccc1NCc1ccc(C#N)c(OC)c1. The Labute approximate surface area is 126 Å². The number of nitrogens with zero attached hydrogens (tertiary/aromatic N) is 1. The first-order valence-corrected chi connectivity index (χ1v) is 7.17. The Hall–Kier alpha value is -2.47. The second-order valence-electron chi connectivity index (χ2n) is 4.91. The van der Waals surface area contributed by atoms with E-state index in [1.807, 2.05) is 18.2 Å². The molecule has 0 aliphatic rings. The van der Waals surface area contributed by atoms with Crippen LogP contribution in [0.5, 0.6) is 5.75 Å². The molecular formula is C18H20N2O. The number of anilines is 1. The third kappa shape index (κ3) is 3.76. The lowest BCUT2D eigenvalue weighted by atomic mass is 10.1. The van der Waals surface area contributed by atoms with Gasteiger partial charge < -0.3 is 10.1 Å². The maximum atomic E-state index is 9.00. The van der Waals surface area contributed by atoms with Gasteiger partial charge in [0.1, 0.15) is 11.8 Å². The van der Waals surface area contributed by atoms with Crippen molar-refractivity contribution < 1.29 is 4.74 Å². The second kappa shape index (κ2) is 7.35. The first kappa shape index (κ1) is 14.9. The third-order valence-electron chi connectivity index (χ3n) is 3.41. The zero-order valence-electron chi connectivity index (χ0n) is 12.5. The van der Waals surface area contributed by atoms with E-state index in [1.165, 1.54) is 11.3 Å². The third-order valence-corrected chi connectivity index (χ3v) is 3.41. The molecule has 2 rings (SSSR count). The summed E-state index contributed by atoms with van der Waals surface area (Å²) in [5.74, 6) is 0.624. The fourth-order valence-corrected chi connectivity index (χ4v) is 2.32. The number of aryl methyl sites for hydroxylation is 1. The summed E-state index contributed by atoms with van der Waals surface area (Å²) in [4.78, 5) is 0. The van der Waals surface area contributed by atoms with Crippen LogP contribution in [0.25, 0.3) is 0 Å². The predicted octanol–water partition coefficient (Wildman–Crippen LogP) is 4.13. The quantitative estimate of drug-likeness (QED) is 0.865. The molecule has 0 aromatic heterocycles. The molecule has 0 aliphatic carbocycles. The van der Waals surface area contributed by atoms with E-state index in [0.717, 1.165) is 18.4 Å². The molecular weight excluding hydrogens is 260 g/mol. The van der Waals surface area contributed by atoms with Gasteiger partial charge in [-0.3, -0.25) is 0 Å². The largest absolute Gasteiger partial charge is 0.495 e. The molecule has 3 nitrogen and oxygen atoms in total. The van der Waals surface area contributed by atoms with E-state index in [2.05, 4.69) is 36.5 Å². The maximum absolute atomic E-state index is 9.00. The molecule has 0 unspecified atom stereocenters. The zero-order valence-corrected chi connectivity index (χ0v) is 12.5. The van der Waals surface area contributed by atoms with Crippen molar-refractivity contribution >= 4 is 5.69 Å². The van der Waals surface area contributed by atoms with Crippen LogP contribution in [0, 0.1) is 11.3 Å². The van der Waals surface area contributed by atoms with E-state index in [-0.39, 0.29) is 0 Å². The van der Waals surface area contributed by atoms with Crippen molar-refractivity contribution in [1.29, 1.82) is 5.26 Å². The molecule has 1 N–H and O–H groups in total. The zero-order chi connectivity index (χ0) is 15.1. The minimum absolute atomic E-state index is 0.563. The number of nitrogens with one attached hydrogen (secondary N) is 1. The van der Waals surface area contributed by atoms with Crippen molar-refractivity contribution in [2.45, 2.75) is 26.3 Å². The van der Waals surface area contributed by atoms with Crippen molar-refractivity contribution in [3.8, 4) is 11.8 Å². The van der Waals surface area contributed by atoms with Gasteiger partial charge in [0.15, 0.2) is 0 Å². The fraction of sp³-hybridized carbons (Fsp3) is 0.278. The van der Waals surface area contributed by atoms with E-state index in [1.54, 1.807) is 13.2 Å². The van der Waals surface area contributed by atoms with Crippen molar-refractivity contribution in [1.82, 2.24) is 0 Å². The first-order valence-electron chi connectivity index (χ1n) is 7.17. The molecule has 0 aliphatic heterocycles. The molecule has 0 saturated heterocycles. The molecule has 3 heteroatoms. The summed E-state index contributed by atoms with van der Waals surface area (Å²) >= 11 is 0. The Morgan fingerprint density at radius 3 is 2.71 bits per heavy atom. The van der Waals surface area contributed by atoms with Gasteiger partial charge in [0.2, 0.25) is 0 Å². The summed E-state index contributed by atoms with van der Waals surface area (Å²) in [6.45, 7) is 2.89. The van der Waals surface area contributed by atoms with Gasteiger partial charge in [-0.2, -0.15) is 5.26 Å². The summed E-state index contributed by atoms with van der Waals surface area (Å²) in [6, 6.07) is 16.2. The molecule has 2 aromatic carbocycles. The Morgan fingerprint density at radius 1 is 1.19 bits per heavy atom. The number of benzene rings is 2. The summed E-state index contributed by atoms with van der Waals surface area (Å²) in [5.41, 5.74) is 4.16. The molecule has 21 heavy (non-hydrogen) atoms. The van der Waals surface area contributed by atoms with Crippen LogP contribution in [0.2, 0.25) is 0 Å². The van der Waals surface area contributed by atoms with Crippen LogP contribution in [-0.4, -0.2) is 7.11 Å². The molecule has 0 radical (unpaired) electrons. The van der Waals surface area contributed by atoms with E-state index < -0.39 is 0 Å². The normalized spacial score (nSPS) is 9.95. The fourth-order valence-electron chi connectivity index (χ4n) is 2.32. The minimum atomic E-state index is 0.563. The van der Waals surface area contributed by atoms with Crippen LogP contribution in [0.4, 0.5) is 5.69 Å². The predicted molar refractivity (Wildman–Crippen MR) is 85.5 cm³/mol. The van der Waals surface area contributed by atoms with E-state index in [9.17, 15) is 0 Å². The summed E-state index contributed by atoms with van der Waals surface area (Å²) in [6.07, 6.45) is 2.20. The van der Waals surface area contributed by atoms with Crippen LogP contribution in [0.3, 0.4) is 0 Å². The van der Waals surface area contributed by atoms with Crippen LogP contribution >= 0.6 is 0 Å². The average Bonchev–Trinajstić information content (AvgIpc) is 2.54. The lowest BCUT2D eigenvalue weighted by Gasteiger charge is -2.12. The number of hydrogen-bond acceptors (Lipinski definition) is 3. The molecule has 0 amide bonds. The van der Waals surface area contributed by atoms with E-state index >= 15 is 0 Å². The van der Waals surface area contributed by atoms with Crippen molar-refractivity contribution in [3.05, 3.63) is 59.2 Å². The summed E-state index contributed by atoms with van der Waals surface area (Å²) in [7, 11) is 1.59. The highest BCUT2D eigenvalue weighted by Gasteiger charge is 2.05. The van der Waals surface area contributed by atoms with Gasteiger partial charge in [0.05, 0.1) is 12.7 Å². The monoisotopic (exact) mass is 280 g/mol. The maximum Gasteiger partial charge on any atom is 0.136 e. The first-order chi connectivity index (χ1) is 10.3. The number of hydrogen-bond donors (Lipinski definition) is 1. The summed E-state index contributed by atoms with van der Waals surface area (Å²) in [5, 5.41) is 12.5. The van der Waals surface area contributed by atoms with Crippen molar-refractivity contribution in [3.63, 3.8) is 0 Å². The van der Waals surface area contributed by atoms with E-state index in [4.69, 9.17) is 10.00 Å². The van der Waals surface area contributed by atoms with E-state index in [0.29, 0.717) is 17.9 Å². The van der Waals surface area contributed by atoms with Gasteiger partial charge >= 0.3 is 0 Å². The standard InChI is InChI=1S/C18H20N2O/c1-3-6-15-7-4-5-8-17(15)20-13-14-9-10-16(12-19)18(11-14)21-2/h4-5,7-11,20H,3,6,13H2,1-2H3. The summed E-state index contributed by atoms with van der Waals surface area (Å²) < 4.78 is 5.24. The van der Waals surface area contributed by atoms with Gasteiger partial charge in [-0.15, -0.1) is 0 Å². The number of nitriles is 1. The molecule has 0 bridgehead atoms.